The Balaban J connectivity index is 5.23. The van der Waals surface area contributed by atoms with Gasteiger partial charge in [0.15, 0.2) is 12.2 Å². The second-order valence-electron chi connectivity index (χ2n) is 29.1. The number of hydrogen-bond acceptors (Lipinski definition) is 15. The number of unbranched alkanes of at least 4 members (excludes halogenated alkanes) is 47. The molecule has 0 saturated heterocycles. The first-order valence-electron chi connectivity index (χ1n) is 40.5. The zero-order chi connectivity index (χ0) is 71.4. The summed E-state index contributed by atoms with van der Waals surface area (Å²) in [4.78, 5) is 72.9. The zero-order valence-electron chi connectivity index (χ0n) is 63.4. The molecule has 576 valence electrons. The molecular weight excluding hydrogens is 1270 g/mol. The normalized spacial score (nSPS) is 14.0. The maximum atomic E-state index is 13.1. The molecule has 5 atom stereocenters. The number of phosphoric ester groups is 2. The molecule has 97 heavy (non-hydrogen) atoms. The lowest BCUT2D eigenvalue weighted by Crippen LogP contribution is -2.30. The van der Waals surface area contributed by atoms with Crippen LogP contribution in [0.4, 0.5) is 0 Å². The topological polar surface area (TPSA) is 237 Å². The predicted octanol–water partition coefficient (Wildman–Crippen LogP) is 23.1. The molecule has 0 heterocycles. The molecule has 0 radical (unpaired) electrons. The molecule has 0 aliphatic heterocycles. The summed E-state index contributed by atoms with van der Waals surface area (Å²) < 4.78 is 68.6. The van der Waals surface area contributed by atoms with Gasteiger partial charge in [-0.2, -0.15) is 0 Å². The van der Waals surface area contributed by atoms with E-state index in [1.54, 1.807) is 0 Å². The lowest BCUT2D eigenvalue weighted by Gasteiger charge is -2.21. The Kier molecular flexibility index (Phi) is 68.4. The largest absolute Gasteiger partial charge is 0.472 e. The molecule has 17 nitrogen and oxygen atoms in total. The molecular formula is C78H152O17P2. The molecule has 0 aromatic carbocycles. The van der Waals surface area contributed by atoms with Crippen LogP contribution < -0.4 is 0 Å². The van der Waals surface area contributed by atoms with Gasteiger partial charge in [-0.3, -0.25) is 37.3 Å². The van der Waals surface area contributed by atoms with Crippen molar-refractivity contribution in [2.24, 2.45) is 11.8 Å². The lowest BCUT2D eigenvalue weighted by atomic mass is 10.0. The van der Waals surface area contributed by atoms with Gasteiger partial charge in [-0.15, -0.1) is 0 Å². The van der Waals surface area contributed by atoms with Crippen molar-refractivity contribution in [3.05, 3.63) is 0 Å². The smallest absolute Gasteiger partial charge is 0.462 e. The first-order valence-corrected chi connectivity index (χ1v) is 43.5. The van der Waals surface area contributed by atoms with E-state index in [0.717, 1.165) is 102 Å². The van der Waals surface area contributed by atoms with E-state index in [4.69, 9.17) is 37.0 Å². The van der Waals surface area contributed by atoms with E-state index >= 15 is 0 Å². The van der Waals surface area contributed by atoms with Gasteiger partial charge in [0, 0.05) is 25.7 Å². The molecule has 0 spiro atoms. The van der Waals surface area contributed by atoms with Gasteiger partial charge < -0.3 is 33.8 Å². The van der Waals surface area contributed by atoms with Gasteiger partial charge in [0.1, 0.15) is 19.3 Å². The predicted molar refractivity (Wildman–Crippen MR) is 395 cm³/mol. The Bertz CT molecular complexity index is 1870. The van der Waals surface area contributed by atoms with Gasteiger partial charge in [0.25, 0.3) is 0 Å². The molecule has 0 amide bonds. The fraction of sp³-hybridized carbons (Fsp3) is 0.949. The lowest BCUT2D eigenvalue weighted by molar-refractivity contribution is -0.161. The molecule has 0 saturated carbocycles. The van der Waals surface area contributed by atoms with Crippen LogP contribution in [0.1, 0.15) is 408 Å². The van der Waals surface area contributed by atoms with Gasteiger partial charge in [0.2, 0.25) is 0 Å². The number of aliphatic hydroxyl groups excluding tert-OH is 1. The summed E-state index contributed by atoms with van der Waals surface area (Å²) in [6.07, 6.45) is 58.4. The minimum atomic E-state index is -4.96. The van der Waals surface area contributed by atoms with Gasteiger partial charge >= 0.3 is 39.5 Å². The summed E-state index contributed by atoms with van der Waals surface area (Å²) >= 11 is 0. The molecule has 19 heteroatoms. The highest BCUT2D eigenvalue weighted by atomic mass is 31.2. The van der Waals surface area contributed by atoms with Crippen LogP contribution in [0.25, 0.3) is 0 Å². The van der Waals surface area contributed by atoms with Crippen LogP contribution in [-0.2, 0) is 65.4 Å². The molecule has 0 fully saturated rings. The van der Waals surface area contributed by atoms with Gasteiger partial charge in [-0.05, 0) is 37.5 Å². The van der Waals surface area contributed by atoms with Crippen molar-refractivity contribution >= 4 is 39.5 Å². The molecule has 2 unspecified atom stereocenters. The number of hydrogen-bond donors (Lipinski definition) is 3. The molecule has 0 aliphatic rings. The SMILES string of the molecule is CCCCCCCCCCCCCCCCCCCCCC(=O)O[C@H](COC(=O)CCCCCCCCCCCCCCCCCC)COP(=O)(O)OC[C@@H](O)COP(=O)(O)OC[C@@H](COC(=O)CCCCCCCCCCC(C)C)OC(=O)CCCCCCCCCCC(C)C. The molecule has 0 bridgehead atoms. The Morgan fingerprint density at radius 2 is 0.474 bits per heavy atom. The molecule has 0 aliphatic carbocycles. The minimum absolute atomic E-state index is 0.104. The van der Waals surface area contributed by atoms with Crippen LogP contribution in [0.15, 0.2) is 0 Å². The Labute approximate surface area is 594 Å². The third-order valence-electron chi connectivity index (χ3n) is 18.2. The molecule has 0 aromatic rings. The molecule has 0 rings (SSSR count). The third-order valence-corrected chi connectivity index (χ3v) is 20.1. The van der Waals surface area contributed by atoms with Crippen LogP contribution in [0.5, 0.6) is 0 Å². The summed E-state index contributed by atoms with van der Waals surface area (Å²) in [5.41, 5.74) is 0. The Hall–Kier alpha value is -1.94. The number of carbonyl (C=O) groups is 4. The van der Waals surface area contributed by atoms with E-state index in [0.29, 0.717) is 25.7 Å². The molecule has 3 N–H and O–H groups in total. The standard InChI is InChI=1S/C78H152O17P2/c1-7-9-11-13-15-17-19-21-23-25-26-27-29-31-33-35-44-50-56-62-77(82)94-73(66-88-75(80)60-54-48-42-34-32-30-28-24-22-20-18-16-14-12-10-8-2)68-92-96(84,85)90-64-72(79)65-91-97(86,87)93-69-74(95-78(83)63-57-51-45-39-37-41-47-53-59-71(5)6)67-89-76(81)61-55-49-43-38-36-40-46-52-58-70(3)4/h70-74,79H,7-69H2,1-6H3,(H,84,85)(H,86,87)/t72-,73-,74-/m1/s1. The fourth-order valence-electron chi connectivity index (χ4n) is 12.0. The second kappa shape index (κ2) is 69.8. The van der Waals surface area contributed by atoms with E-state index < -0.39 is 97.5 Å². The number of esters is 4. The number of ether oxygens (including phenoxy) is 4. The highest BCUT2D eigenvalue weighted by Crippen LogP contribution is 2.45. The van der Waals surface area contributed by atoms with Crippen molar-refractivity contribution in [1.82, 2.24) is 0 Å². The van der Waals surface area contributed by atoms with Crippen molar-refractivity contribution in [3.8, 4) is 0 Å². The quantitative estimate of drug-likeness (QED) is 0.0222. The average molecular weight is 1420 g/mol. The maximum Gasteiger partial charge on any atom is 0.472 e. The van der Waals surface area contributed by atoms with E-state index in [9.17, 15) is 43.2 Å². The van der Waals surface area contributed by atoms with Crippen molar-refractivity contribution < 1.29 is 80.2 Å². The van der Waals surface area contributed by atoms with Gasteiger partial charge in [-0.25, -0.2) is 9.13 Å². The van der Waals surface area contributed by atoms with Gasteiger partial charge in [0.05, 0.1) is 26.4 Å². The monoisotopic (exact) mass is 1420 g/mol. The highest BCUT2D eigenvalue weighted by molar-refractivity contribution is 7.47. The number of phosphoric acid groups is 2. The number of carbonyl (C=O) groups excluding carboxylic acids is 4. The van der Waals surface area contributed by atoms with Crippen LogP contribution in [0.3, 0.4) is 0 Å². The van der Waals surface area contributed by atoms with E-state index in [1.165, 1.54) is 225 Å². The van der Waals surface area contributed by atoms with Crippen LogP contribution in [0.2, 0.25) is 0 Å². The van der Waals surface area contributed by atoms with Gasteiger partial charge in [-0.1, -0.05) is 356 Å². The summed E-state index contributed by atoms with van der Waals surface area (Å²) in [7, 11) is -9.91. The maximum absolute atomic E-state index is 13.1. The Morgan fingerprint density at radius 3 is 0.701 bits per heavy atom. The number of aliphatic hydroxyl groups is 1. The van der Waals surface area contributed by atoms with Crippen molar-refractivity contribution in [3.63, 3.8) is 0 Å². The van der Waals surface area contributed by atoms with E-state index in [-0.39, 0.29) is 25.7 Å². The van der Waals surface area contributed by atoms with Crippen molar-refractivity contribution in [1.29, 1.82) is 0 Å². The summed E-state index contributed by atoms with van der Waals surface area (Å²) in [5, 5.41) is 10.6. The minimum Gasteiger partial charge on any atom is -0.462 e. The van der Waals surface area contributed by atoms with E-state index in [1.807, 2.05) is 0 Å². The average Bonchev–Trinajstić information content (AvgIpc) is 2.87. The number of rotatable bonds is 77. The van der Waals surface area contributed by atoms with Crippen LogP contribution in [-0.4, -0.2) is 96.7 Å². The first-order chi connectivity index (χ1) is 46.9. The van der Waals surface area contributed by atoms with Crippen LogP contribution >= 0.6 is 15.6 Å². The fourth-order valence-corrected chi connectivity index (χ4v) is 13.6. The van der Waals surface area contributed by atoms with Crippen LogP contribution in [0, 0.1) is 11.8 Å². The second-order valence-corrected chi connectivity index (χ2v) is 32.0. The molecule has 0 aromatic heterocycles. The summed E-state index contributed by atoms with van der Waals surface area (Å²) in [6.45, 7) is 9.54. The third kappa shape index (κ3) is 72.2. The highest BCUT2D eigenvalue weighted by Gasteiger charge is 2.30. The Morgan fingerprint density at radius 1 is 0.278 bits per heavy atom. The van der Waals surface area contributed by atoms with Crippen molar-refractivity contribution in [2.45, 2.75) is 426 Å². The van der Waals surface area contributed by atoms with E-state index in [2.05, 4.69) is 41.5 Å². The zero-order valence-corrected chi connectivity index (χ0v) is 65.2. The first kappa shape index (κ1) is 95.1. The summed E-state index contributed by atoms with van der Waals surface area (Å²) in [6, 6.07) is 0. The van der Waals surface area contributed by atoms with Crippen molar-refractivity contribution in [2.75, 3.05) is 39.6 Å². The summed E-state index contributed by atoms with van der Waals surface area (Å²) in [5.74, 6) is -0.670.